The predicted octanol–water partition coefficient (Wildman–Crippen LogP) is 4.50. The first-order chi connectivity index (χ1) is 13.8. The van der Waals surface area contributed by atoms with Crippen LogP contribution in [0.2, 0.25) is 0 Å². The van der Waals surface area contributed by atoms with Gasteiger partial charge in [-0.2, -0.15) is 0 Å². The molecule has 0 bridgehead atoms. The van der Waals surface area contributed by atoms with E-state index in [0.29, 0.717) is 6.04 Å². The van der Waals surface area contributed by atoms with Gasteiger partial charge in [-0.1, -0.05) is 23.8 Å². The summed E-state index contributed by atoms with van der Waals surface area (Å²) in [6, 6.07) is 17.1. The van der Waals surface area contributed by atoms with Gasteiger partial charge in [0.15, 0.2) is 5.76 Å². The molecule has 2 aromatic heterocycles. The van der Waals surface area contributed by atoms with E-state index in [0.717, 1.165) is 39.2 Å². The van der Waals surface area contributed by atoms with E-state index in [1.54, 1.807) is 12.5 Å². The van der Waals surface area contributed by atoms with E-state index in [4.69, 9.17) is 9.25 Å². The summed E-state index contributed by atoms with van der Waals surface area (Å²) in [4.78, 5) is 10.3. The molecule has 0 saturated heterocycles. The minimum absolute atomic E-state index is 0.558. The third kappa shape index (κ3) is 2.58. The van der Waals surface area contributed by atoms with E-state index in [1.807, 2.05) is 29.7 Å². The van der Waals surface area contributed by atoms with Crippen molar-refractivity contribution in [1.82, 2.24) is 20.1 Å². The fourth-order valence-electron chi connectivity index (χ4n) is 3.58. The normalized spacial score (nSPS) is 16.4. The number of imidazole rings is 1. The lowest BCUT2D eigenvalue weighted by atomic mass is 10.1. The van der Waals surface area contributed by atoms with Crippen LogP contribution >= 0.6 is 0 Å². The van der Waals surface area contributed by atoms with E-state index < -0.39 is 0 Å². The maximum Gasteiger partial charge on any atom is 0.174 e. The van der Waals surface area contributed by atoms with Gasteiger partial charge >= 0.3 is 0 Å². The van der Waals surface area contributed by atoms with E-state index in [-0.39, 0.29) is 0 Å². The Labute approximate surface area is 161 Å². The molecule has 2 aliphatic rings. The van der Waals surface area contributed by atoms with Crippen LogP contribution < -0.4 is 5.59 Å². The first-order valence-corrected chi connectivity index (χ1v) is 9.38. The van der Waals surface area contributed by atoms with E-state index in [1.165, 1.54) is 12.8 Å². The van der Waals surface area contributed by atoms with Gasteiger partial charge in [0.05, 0.1) is 29.8 Å². The van der Waals surface area contributed by atoms with Gasteiger partial charge < -0.3 is 9.25 Å². The van der Waals surface area contributed by atoms with Crippen LogP contribution in [0.3, 0.4) is 0 Å². The molecule has 1 aliphatic carbocycles. The maximum absolute atomic E-state index is 5.67. The van der Waals surface area contributed by atoms with Crippen molar-refractivity contribution in [3.63, 3.8) is 0 Å². The summed E-state index contributed by atoms with van der Waals surface area (Å²) < 4.78 is 7.29. The van der Waals surface area contributed by atoms with Crippen LogP contribution in [-0.2, 0) is 4.84 Å². The molecule has 138 valence electrons. The van der Waals surface area contributed by atoms with Crippen LogP contribution in [0.25, 0.3) is 33.6 Å². The molecule has 6 heteroatoms. The first-order valence-electron chi connectivity index (χ1n) is 9.38. The Bertz CT molecular complexity index is 1190. The maximum atomic E-state index is 5.67. The summed E-state index contributed by atoms with van der Waals surface area (Å²) in [5.74, 6) is 0.834. The van der Waals surface area contributed by atoms with Gasteiger partial charge in [0.2, 0.25) is 0 Å². The zero-order valence-electron chi connectivity index (χ0n) is 15.1. The largest absolute Gasteiger partial charge is 0.472 e. The van der Waals surface area contributed by atoms with Crippen LogP contribution in [-0.4, -0.2) is 20.6 Å². The lowest BCUT2D eigenvalue weighted by molar-refractivity contribution is 0.0423. The van der Waals surface area contributed by atoms with Crippen LogP contribution in [0.5, 0.6) is 0 Å². The number of nitrogens with one attached hydrogen (secondary N) is 1. The molecular weight excluding hydrogens is 352 g/mol. The van der Waals surface area contributed by atoms with Crippen molar-refractivity contribution in [2.75, 3.05) is 0 Å². The minimum atomic E-state index is 0.558. The highest BCUT2D eigenvalue weighted by atomic mass is 16.7. The van der Waals surface area contributed by atoms with Crippen LogP contribution in [0.4, 0.5) is 0 Å². The van der Waals surface area contributed by atoms with Gasteiger partial charge in [0, 0.05) is 22.9 Å². The Morgan fingerprint density at radius 2 is 1.96 bits per heavy atom. The number of hydrogen-bond acceptors (Lipinski definition) is 5. The van der Waals surface area contributed by atoms with Crippen LogP contribution in [0.15, 0.2) is 78.0 Å². The highest BCUT2D eigenvalue weighted by molar-refractivity contribution is 5.83. The van der Waals surface area contributed by atoms with Crippen molar-refractivity contribution < 1.29 is 9.25 Å². The van der Waals surface area contributed by atoms with Crippen LogP contribution in [0, 0.1) is 0 Å². The van der Waals surface area contributed by atoms with Crippen LogP contribution in [0.1, 0.15) is 18.4 Å². The zero-order chi connectivity index (χ0) is 18.5. The Kier molecular flexibility index (Phi) is 3.33. The fraction of sp³-hybridized carbons (Fsp3) is 0.136. The molecule has 6 rings (SSSR count). The molecule has 0 unspecified atom stereocenters. The number of benzene rings is 2. The zero-order valence-corrected chi connectivity index (χ0v) is 15.1. The molecule has 0 spiro atoms. The van der Waals surface area contributed by atoms with E-state index in [2.05, 4.69) is 51.5 Å². The predicted molar refractivity (Wildman–Crippen MR) is 106 cm³/mol. The SMILES string of the molecule is C1=C(c2cccc(-n3cnc4cc(-c5ccoc5)ccc43)c2)ONN1C1CC1. The van der Waals surface area contributed by atoms with Gasteiger partial charge in [0.25, 0.3) is 0 Å². The standard InChI is InChI=1S/C22H18N4O2/c1-2-16(22-12-26(24-28-22)18-5-6-18)10-19(3-1)25-14-23-20-11-15(4-7-21(20)25)17-8-9-27-13-17/h1-4,7-14,18,24H,5-6H2. The monoisotopic (exact) mass is 370 g/mol. The number of rotatable bonds is 4. The summed E-state index contributed by atoms with van der Waals surface area (Å²) in [6.07, 6.45) is 9.75. The molecule has 28 heavy (non-hydrogen) atoms. The minimum Gasteiger partial charge on any atom is -0.472 e. The van der Waals surface area contributed by atoms with Gasteiger partial charge in [-0.3, -0.25) is 9.58 Å². The summed E-state index contributed by atoms with van der Waals surface area (Å²) >= 11 is 0. The number of nitrogens with zero attached hydrogens (tertiary/aromatic N) is 3. The van der Waals surface area contributed by atoms with Gasteiger partial charge in [0.1, 0.15) is 6.33 Å². The molecule has 0 amide bonds. The Balaban J connectivity index is 1.37. The summed E-state index contributed by atoms with van der Waals surface area (Å²) in [5, 5.41) is 2.05. The molecule has 6 nitrogen and oxygen atoms in total. The third-order valence-corrected chi connectivity index (χ3v) is 5.27. The highest BCUT2D eigenvalue weighted by Crippen LogP contribution is 2.32. The van der Waals surface area contributed by atoms with Gasteiger partial charge in [-0.15, -0.1) is 0 Å². The average molecular weight is 370 g/mol. The molecule has 3 heterocycles. The van der Waals surface area contributed by atoms with Crippen molar-refractivity contribution >= 4 is 16.8 Å². The second-order valence-electron chi connectivity index (χ2n) is 7.21. The average Bonchev–Trinajstić information content (AvgIpc) is 3.17. The molecule has 0 atom stereocenters. The molecule has 4 aromatic rings. The Morgan fingerprint density at radius 1 is 1.00 bits per heavy atom. The number of aromatic nitrogens is 2. The lowest BCUT2D eigenvalue weighted by Gasteiger charge is -2.11. The highest BCUT2D eigenvalue weighted by Gasteiger charge is 2.31. The van der Waals surface area contributed by atoms with E-state index >= 15 is 0 Å². The number of hydrazine groups is 1. The summed E-state index contributed by atoms with van der Waals surface area (Å²) in [5.41, 5.74) is 9.21. The lowest BCUT2D eigenvalue weighted by Crippen LogP contribution is -2.29. The van der Waals surface area contributed by atoms with Crippen molar-refractivity contribution in [2.45, 2.75) is 18.9 Å². The second kappa shape index (κ2) is 6.00. The number of hydrogen-bond donors (Lipinski definition) is 1. The molecule has 1 N–H and O–H groups in total. The fourth-order valence-corrected chi connectivity index (χ4v) is 3.58. The molecule has 1 aliphatic heterocycles. The molecule has 1 saturated carbocycles. The molecule has 2 aromatic carbocycles. The third-order valence-electron chi connectivity index (χ3n) is 5.27. The van der Waals surface area contributed by atoms with Crippen molar-refractivity contribution in [3.05, 3.63) is 79.1 Å². The molecular formula is C22H18N4O2. The van der Waals surface area contributed by atoms with Gasteiger partial charge in [-0.25, -0.2) is 4.98 Å². The quantitative estimate of drug-likeness (QED) is 0.573. The van der Waals surface area contributed by atoms with Crippen molar-refractivity contribution in [2.24, 2.45) is 0 Å². The first kappa shape index (κ1) is 15.5. The molecule has 1 fully saturated rings. The summed E-state index contributed by atoms with van der Waals surface area (Å²) in [6.45, 7) is 0. The Morgan fingerprint density at radius 3 is 2.82 bits per heavy atom. The number of furan rings is 1. The number of fused-ring (bicyclic) bond motifs is 1. The van der Waals surface area contributed by atoms with Crippen molar-refractivity contribution in [3.8, 4) is 16.8 Å². The van der Waals surface area contributed by atoms with E-state index in [9.17, 15) is 0 Å². The smallest absolute Gasteiger partial charge is 0.174 e. The van der Waals surface area contributed by atoms with Gasteiger partial charge in [-0.05, 0) is 48.7 Å². The molecule has 0 radical (unpaired) electrons. The summed E-state index contributed by atoms with van der Waals surface area (Å²) in [7, 11) is 0. The topological polar surface area (TPSA) is 55.5 Å². The second-order valence-corrected chi connectivity index (χ2v) is 7.21. The van der Waals surface area contributed by atoms with Crippen molar-refractivity contribution in [1.29, 1.82) is 0 Å². The Hall–Kier alpha value is -3.51.